The first-order valence-electron chi connectivity index (χ1n) is 2.50. The van der Waals surface area contributed by atoms with Crippen LogP contribution in [0.3, 0.4) is 0 Å². The minimum absolute atomic E-state index is 0.347. The molecule has 0 saturated heterocycles. The number of rotatable bonds is 3. The summed E-state index contributed by atoms with van der Waals surface area (Å²) in [6, 6.07) is 0. The van der Waals surface area contributed by atoms with Crippen LogP contribution in [0.2, 0.25) is 0 Å². The minimum atomic E-state index is 0.347. The maximum Gasteiger partial charge on any atom is 0.120 e. The second kappa shape index (κ2) is 4.46. The van der Waals surface area contributed by atoms with Crippen LogP contribution < -0.4 is 5.32 Å². The predicted molar refractivity (Wildman–Crippen MR) is 35.8 cm³/mol. The Labute approximate surface area is 49.3 Å². The van der Waals surface area contributed by atoms with E-state index >= 15 is 0 Å². The van der Waals surface area contributed by atoms with E-state index in [-0.39, 0.29) is 0 Å². The van der Waals surface area contributed by atoms with Crippen LogP contribution in [-0.4, -0.2) is 26.1 Å². The summed E-state index contributed by atoms with van der Waals surface area (Å²) < 4.78 is 0. The average molecular weight is 113 g/mol. The Bertz CT molecular complexity index is 87.7. The fourth-order valence-electron chi connectivity index (χ4n) is 0.322. The van der Waals surface area contributed by atoms with Crippen molar-refractivity contribution in [1.82, 2.24) is 5.32 Å². The zero-order valence-corrected chi connectivity index (χ0v) is 5.07. The Morgan fingerprint density at radius 1 is 1.88 bits per heavy atom. The monoisotopic (exact) mass is 113 g/mol. The van der Waals surface area contributed by atoms with Crippen molar-refractivity contribution in [1.29, 1.82) is 5.41 Å². The van der Waals surface area contributed by atoms with E-state index < -0.39 is 0 Å². The van der Waals surface area contributed by atoms with Crippen LogP contribution in [0.4, 0.5) is 0 Å². The molecule has 3 nitrogen and oxygen atoms in total. The van der Waals surface area contributed by atoms with E-state index in [9.17, 15) is 0 Å². The Kier molecular flexibility index (Phi) is 4.07. The van der Waals surface area contributed by atoms with Crippen molar-refractivity contribution in [2.24, 2.45) is 4.99 Å². The third-order valence-electron chi connectivity index (χ3n) is 0.803. The van der Waals surface area contributed by atoms with Gasteiger partial charge in [-0.2, -0.15) is 0 Å². The Hall–Kier alpha value is -0.700. The van der Waals surface area contributed by atoms with E-state index in [1.807, 2.05) is 7.05 Å². The van der Waals surface area contributed by atoms with Gasteiger partial charge in [-0.05, 0) is 13.8 Å². The summed E-state index contributed by atoms with van der Waals surface area (Å²) in [6.45, 7) is 4.01. The molecular weight excluding hydrogens is 102 g/mol. The van der Waals surface area contributed by atoms with Crippen molar-refractivity contribution >= 4 is 12.6 Å². The summed E-state index contributed by atoms with van der Waals surface area (Å²) in [5.41, 5.74) is 0. The Morgan fingerprint density at radius 2 is 2.50 bits per heavy atom. The summed E-state index contributed by atoms with van der Waals surface area (Å²) in [6.07, 6.45) is 0.667. The highest BCUT2D eigenvalue weighted by molar-refractivity contribution is 5.83. The quantitative estimate of drug-likeness (QED) is 0.400. The van der Waals surface area contributed by atoms with Crippen LogP contribution >= 0.6 is 0 Å². The first-order chi connectivity index (χ1) is 3.81. The maximum atomic E-state index is 6.97. The summed E-state index contributed by atoms with van der Waals surface area (Å²) in [5.74, 6) is 0.347. The lowest BCUT2D eigenvalue weighted by molar-refractivity contribution is 0.819. The molecule has 0 rings (SSSR count). The fourth-order valence-corrected chi connectivity index (χ4v) is 0.322. The lowest BCUT2D eigenvalue weighted by Crippen LogP contribution is -2.10. The van der Waals surface area contributed by atoms with Crippen molar-refractivity contribution in [3.63, 3.8) is 0 Å². The SMILES string of the molecule is C=NC(=N)CCNC. The molecule has 0 aliphatic rings. The molecule has 0 saturated carbocycles. The zero-order chi connectivity index (χ0) is 6.41. The topological polar surface area (TPSA) is 48.2 Å². The first-order valence-corrected chi connectivity index (χ1v) is 2.50. The van der Waals surface area contributed by atoms with Gasteiger partial charge in [-0.25, -0.2) is 4.99 Å². The van der Waals surface area contributed by atoms with Gasteiger partial charge in [0.15, 0.2) is 0 Å². The highest BCUT2D eigenvalue weighted by Gasteiger charge is 1.86. The Morgan fingerprint density at radius 3 is 2.88 bits per heavy atom. The molecule has 0 aliphatic heterocycles. The summed E-state index contributed by atoms with van der Waals surface area (Å²) >= 11 is 0. The minimum Gasteiger partial charge on any atom is -0.319 e. The molecule has 2 N–H and O–H groups in total. The number of aliphatic imine (C=N–C) groups is 1. The molecule has 0 radical (unpaired) electrons. The van der Waals surface area contributed by atoms with Gasteiger partial charge >= 0.3 is 0 Å². The van der Waals surface area contributed by atoms with E-state index in [1.165, 1.54) is 0 Å². The molecule has 0 bridgehead atoms. The van der Waals surface area contributed by atoms with Crippen LogP contribution in [0.1, 0.15) is 6.42 Å². The summed E-state index contributed by atoms with van der Waals surface area (Å²) in [4.78, 5) is 3.42. The van der Waals surface area contributed by atoms with Gasteiger partial charge < -0.3 is 5.32 Å². The van der Waals surface area contributed by atoms with Crippen LogP contribution in [0.5, 0.6) is 0 Å². The largest absolute Gasteiger partial charge is 0.319 e. The van der Waals surface area contributed by atoms with Gasteiger partial charge in [-0.3, -0.25) is 5.41 Å². The molecule has 0 amide bonds. The van der Waals surface area contributed by atoms with E-state index in [0.29, 0.717) is 12.3 Å². The first kappa shape index (κ1) is 7.30. The molecular formula is C5H11N3. The number of hydrogen-bond acceptors (Lipinski definition) is 2. The van der Waals surface area contributed by atoms with E-state index in [4.69, 9.17) is 5.41 Å². The van der Waals surface area contributed by atoms with Gasteiger partial charge in [0, 0.05) is 13.0 Å². The van der Waals surface area contributed by atoms with Crippen molar-refractivity contribution in [3.8, 4) is 0 Å². The second-order valence-electron chi connectivity index (χ2n) is 1.46. The lowest BCUT2D eigenvalue weighted by atomic mass is 10.4. The van der Waals surface area contributed by atoms with Crippen molar-refractivity contribution in [2.45, 2.75) is 6.42 Å². The van der Waals surface area contributed by atoms with Crippen molar-refractivity contribution in [3.05, 3.63) is 0 Å². The molecule has 0 unspecified atom stereocenters. The van der Waals surface area contributed by atoms with Crippen LogP contribution in [-0.2, 0) is 0 Å². The molecule has 0 aromatic carbocycles. The van der Waals surface area contributed by atoms with Gasteiger partial charge in [0.1, 0.15) is 5.84 Å². The maximum absolute atomic E-state index is 6.97. The van der Waals surface area contributed by atoms with Gasteiger partial charge in [-0.1, -0.05) is 0 Å². The molecule has 0 aromatic heterocycles. The number of amidine groups is 1. The molecule has 0 aliphatic carbocycles. The number of nitrogens with zero attached hydrogens (tertiary/aromatic N) is 1. The summed E-state index contributed by atoms with van der Waals surface area (Å²) in [5, 5.41) is 9.88. The van der Waals surface area contributed by atoms with Crippen LogP contribution in [0.15, 0.2) is 4.99 Å². The average Bonchev–Trinajstić information content (AvgIpc) is 1.83. The third kappa shape index (κ3) is 3.49. The Balaban J connectivity index is 3.11. The van der Waals surface area contributed by atoms with Gasteiger partial charge in [0.2, 0.25) is 0 Å². The van der Waals surface area contributed by atoms with Crippen molar-refractivity contribution in [2.75, 3.05) is 13.6 Å². The van der Waals surface area contributed by atoms with Crippen LogP contribution in [0.25, 0.3) is 0 Å². The number of nitrogens with one attached hydrogen (secondary N) is 2. The van der Waals surface area contributed by atoms with Crippen molar-refractivity contribution < 1.29 is 0 Å². The van der Waals surface area contributed by atoms with E-state index in [1.54, 1.807) is 0 Å². The zero-order valence-electron chi connectivity index (χ0n) is 5.07. The smallest absolute Gasteiger partial charge is 0.120 e. The summed E-state index contributed by atoms with van der Waals surface area (Å²) in [7, 11) is 1.84. The molecule has 46 valence electrons. The lowest BCUT2D eigenvalue weighted by Gasteiger charge is -1.93. The van der Waals surface area contributed by atoms with Gasteiger partial charge in [0.25, 0.3) is 0 Å². The molecule has 8 heavy (non-hydrogen) atoms. The third-order valence-corrected chi connectivity index (χ3v) is 0.803. The van der Waals surface area contributed by atoms with E-state index in [2.05, 4.69) is 17.0 Å². The molecule has 0 heterocycles. The molecule has 0 aromatic rings. The predicted octanol–water partition coefficient (Wildman–Crippen LogP) is 0.274. The van der Waals surface area contributed by atoms with Gasteiger partial charge in [0.05, 0.1) is 0 Å². The highest BCUT2D eigenvalue weighted by atomic mass is 14.8. The molecule has 0 spiro atoms. The molecule has 3 heteroatoms. The molecule has 0 fully saturated rings. The number of hydrogen-bond donors (Lipinski definition) is 2. The standard InChI is InChI=1S/C5H11N3/c1-7-4-3-5(6)8-2/h6-7H,2-4H2,1H3. The van der Waals surface area contributed by atoms with Gasteiger partial charge in [-0.15, -0.1) is 0 Å². The van der Waals surface area contributed by atoms with Crippen LogP contribution in [0, 0.1) is 5.41 Å². The van der Waals surface area contributed by atoms with E-state index in [0.717, 1.165) is 6.54 Å². The highest BCUT2D eigenvalue weighted by Crippen LogP contribution is 1.79. The molecule has 0 atom stereocenters. The normalized spacial score (nSPS) is 8.62. The second-order valence-corrected chi connectivity index (χ2v) is 1.46. The fraction of sp³-hybridized carbons (Fsp3) is 0.600.